The number of anilines is 1. The summed E-state index contributed by atoms with van der Waals surface area (Å²) in [7, 11) is 0. The fourth-order valence-corrected chi connectivity index (χ4v) is 1.47. The third-order valence-corrected chi connectivity index (χ3v) is 2.28. The fourth-order valence-electron chi connectivity index (χ4n) is 0.999. The van der Waals surface area contributed by atoms with Crippen molar-refractivity contribution in [1.29, 1.82) is 0 Å². The summed E-state index contributed by atoms with van der Waals surface area (Å²) in [5.74, 6) is 0. The molecular formula is C8H9N3OS. The molecule has 0 unspecified atom stereocenters. The van der Waals surface area contributed by atoms with Crippen LogP contribution in [0.2, 0.25) is 0 Å². The summed E-state index contributed by atoms with van der Waals surface area (Å²) in [6.45, 7) is 0.856. The van der Waals surface area contributed by atoms with Crippen LogP contribution < -0.4 is 5.32 Å². The molecular weight excluding hydrogens is 186 g/mol. The van der Waals surface area contributed by atoms with Gasteiger partial charge in [-0.15, -0.1) is 10.2 Å². The van der Waals surface area contributed by atoms with E-state index in [4.69, 9.17) is 4.42 Å². The molecule has 0 bridgehead atoms. The van der Waals surface area contributed by atoms with E-state index in [1.54, 1.807) is 18.0 Å². The maximum absolute atomic E-state index is 4.95. The van der Waals surface area contributed by atoms with Gasteiger partial charge in [0.15, 0.2) is 0 Å². The van der Waals surface area contributed by atoms with Crippen LogP contribution in [0.1, 0.15) is 5.56 Å². The minimum absolute atomic E-state index is 0.856. The van der Waals surface area contributed by atoms with Gasteiger partial charge in [0.1, 0.15) is 5.51 Å². The Morgan fingerprint density at radius 1 is 1.54 bits per heavy atom. The van der Waals surface area contributed by atoms with Crippen LogP contribution in [0.25, 0.3) is 0 Å². The van der Waals surface area contributed by atoms with E-state index in [-0.39, 0.29) is 0 Å². The first-order chi connectivity index (χ1) is 6.45. The molecule has 1 N–H and O–H groups in total. The number of aromatic nitrogens is 2. The molecule has 2 aromatic heterocycles. The summed E-state index contributed by atoms with van der Waals surface area (Å²) < 4.78 is 4.95. The summed E-state index contributed by atoms with van der Waals surface area (Å²) in [6.07, 6.45) is 4.37. The van der Waals surface area contributed by atoms with Crippen molar-refractivity contribution in [2.45, 2.75) is 6.42 Å². The molecule has 5 heteroatoms. The first-order valence-corrected chi connectivity index (χ1v) is 4.84. The standard InChI is InChI=1S/C8H9N3OS/c1(7-2-4-12-5-7)3-9-8-11-10-6-13-8/h2,4-6H,1,3H2,(H,9,11). The maximum Gasteiger partial charge on any atom is 0.205 e. The summed E-state index contributed by atoms with van der Waals surface area (Å²) >= 11 is 1.50. The van der Waals surface area contributed by atoms with E-state index >= 15 is 0 Å². The lowest BCUT2D eigenvalue weighted by atomic mass is 10.2. The lowest BCUT2D eigenvalue weighted by Gasteiger charge is -1.98. The second-order valence-corrected chi connectivity index (χ2v) is 3.39. The lowest BCUT2D eigenvalue weighted by Crippen LogP contribution is -2.03. The van der Waals surface area contributed by atoms with Gasteiger partial charge in [-0.05, 0) is 18.1 Å². The van der Waals surface area contributed by atoms with Crippen molar-refractivity contribution < 1.29 is 4.42 Å². The first kappa shape index (κ1) is 8.25. The number of nitrogens with one attached hydrogen (secondary N) is 1. The normalized spacial score (nSPS) is 10.2. The smallest absolute Gasteiger partial charge is 0.205 e. The van der Waals surface area contributed by atoms with Crippen molar-refractivity contribution >= 4 is 16.5 Å². The predicted molar refractivity (Wildman–Crippen MR) is 50.8 cm³/mol. The molecule has 4 nitrogen and oxygen atoms in total. The van der Waals surface area contributed by atoms with E-state index < -0.39 is 0 Å². The SMILES string of the molecule is c1cc(CCNc2nncs2)co1. The highest BCUT2D eigenvalue weighted by Crippen LogP contribution is 2.08. The van der Waals surface area contributed by atoms with Crippen molar-refractivity contribution in [2.24, 2.45) is 0 Å². The van der Waals surface area contributed by atoms with Gasteiger partial charge < -0.3 is 9.73 Å². The molecule has 0 aliphatic carbocycles. The summed E-state index contributed by atoms with van der Waals surface area (Å²) in [5, 5.41) is 11.6. The third kappa shape index (κ3) is 2.29. The zero-order valence-corrected chi connectivity index (χ0v) is 7.75. The van der Waals surface area contributed by atoms with Crippen LogP contribution in [0, 0.1) is 0 Å². The van der Waals surface area contributed by atoms with Gasteiger partial charge in [0, 0.05) is 6.54 Å². The number of hydrogen-bond donors (Lipinski definition) is 1. The highest BCUT2D eigenvalue weighted by atomic mass is 32.1. The number of rotatable bonds is 4. The molecule has 13 heavy (non-hydrogen) atoms. The van der Waals surface area contributed by atoms with E-state index in [0.717, 1.165) is 18.1 Å². The monoisotopic (exact) mass is 195 g/mol. The van der Waals surface area contributed by atoms with E-state index in [9.17, 15) is 0 Å². The Bertz CT molecular complexity index is 296. The van der Waals surface area contributed by atoms with Crippen molar-refractivity contribution in [1.82, 2.24) is 10.2 Å². The van der Waals surface area contributed by atoms with Crippen LogP contribution in [0.5, 0.6) is 0 Å². The fraction of sp³-hybridized carbons (Fsp3) is 0.250. The summed E-state index contributed by atoms with van der Waals surface area (Å²) in [6, 6.07) is 1.96. The third-order valence-electron chi connectivity index (χ3n) is 1.63. The van der Waals surface area contributed by atoms with Gasteiger partial charge in [0.05, 0.1) is 12.5 Å². The average Bonchev–Trinajstić information content (AvgIpc) is 2.75. The Morgan fingerprint density at radius 3 is 3.23 bits per heavy atom. The van der Waals surface area contributed by atoms with Gasteiger partial charge in [-0.3, -0.25) is 0 Å². The molecule has 0 atom stereocenters. The van der Waals surface area contributed by atoms with Crippen LogP contribution in [0.15, 0.2) is 28.5 Å². The molecule has 68 valence electrons. The molecule has 0 aromatic carbocycles. The number of hydrogen-bond acceptors (Lipinski definition) is 5. The Balaban J connectivity index is 1.76. The van der Waals surface area contributed by atoms with Crippen molar-refractivity contribution in [3.63, 3.8) is 0 Å². The van der Waals surface area contributed by atoms with Crippen LogP contribution in [-0.4, -0.2) is 16.7 Å². The molecule has 0 saturated carbocycles. The van der Waals surface area contributed by atoms with Gasteiger partial charge in [-0.1, -0.05) is 11.3 Å². The molecule has 0 spiro atoms. The highest BCUT2D eigenvalue weighted by molar-refractivity contribution is 7.13. The van der Waals surface area contributed by atoms with Gasteiger partial charge in [0.25, 0.3) is 0 Å². The molecule has 0 aliphatic rings. The lowest BCUT2D eigenvalue weighted by molar-refractivity contribution is 0.564. The van der Waals surface area contributed by atoms with Gasteiger partial charge in [-0.2, -0.15) is 0 Å². The van der Waals surface area contributed by atoms with Crippen LogP contribution in [0.4, 0.5) is 5.13 Å². The van der Waals surface area contributed by atoms with E-state index in [0.29, 0.717) is 0 Å². The Kier molecular flexibility index (Phi) is 2.56. The van der Waals surface area contributed by atoms with E-state index in [1.807, 2.05) is 6.07 Å². The minimum atomic E-state index is 0.856. The van der Waals surface area contributed by atoms with Gasteiger partial charge >= 0.3 is 0 Å². The Morgan fingerprint density at radius 2 is 2.54 bits per heavy atom. The molecule has 2 rings (SSSR count). The van der Waals surface area contributed by atoms with Gasteiger partial charge in [-0.25, -0.2) is 0 Å². The largest absolute Gasteiger partial charge is 0.472 e. The van der Waals surface area contributed by atoms with Gasteiger partial charge in [0.2, 0.25) is 5.13 Å². The first-order valence-electron chi connectivity index (χ1n) is 3.96. The van der Waals surface area contributed by atoms with Crippen molar-refractivity contribution in [3.05, 3.63) is 29.7 Å². The zero-order chi connectivity index (χ0) is 8.93. The van der Waals surface area contributed by atoms with E-state index in [2.05, 4.69) is 15.5 Å². The second-order valence-electron chi connectivity index (χ2n) is 2.55. The molecule has 2 aromatic rings. The average molecular weight is 195 g/mol. The quantitative estimate of drug-likeness (QED) is 0.808. The topological polar surface area (TPSA) is 51.0 Å². The van der Waals surface area contributed by atoms with Crippen LogP contribution in [-0.2, 0) is 6.42 Å². The van der Waals surface area contributed by atoms with Crippen LogP contribution >= 0.6 is 11.3 Å². The molecule has 0 radical (unpaired) electrons. The zero-order valence-electron chi connectivity index (χ0n) is 6.93. The minimum Gasteiger partial charge on any atom is -0.472 e. The second kappa shape index (κ2) is 4.04. The molecule has 0 aliphatic heterocycles. The molecule has 0 fully saturated rings. The molecule has 0 saturated heterocycles. The van der Waals surface area contributed by atoms with E-state index in [1.165, 1.54) is 16.9 Å². The Labute approximate surface area is 79.6 Å². The number of furan rings is 1. The predicted octanol–water partition coefficient (Wildman–Crippen LogP) is 1.79. The molecule has 2 heterocycles. The number of nitrogens with zero attached hydrogens (tertiary/aromatic N) is 2. The Hall–Kier alpha value is -1.36. The highest BCUT2D eigenvalue weighted by Gasteiger charge is 1.96. The summed E-state index contributed by atoms with van der Waals surface area (Å²) in [4.78, 5) is 0. The van der Waals surface area contributed by atoms with Crippen molar-refractivity contribution in [2.75, 3.05) is 11.9 Å². The van der Waals surface area contributed by atoms with Crippen molar-refractivity contribution in [3.8, 4) is 0 Å². The van der Waals surface area contributed by atoms with Crippen LogP contribution in [0.3, 0.4) is 0 Å². The maximum atomic E-state index is 4.95. The summed E-state index contributed by atoms with van der Waals surface area (Å²) in [5.41, 5.74) is 2.90. The molecule has 0 amide bonds.